The molecule has 1 rings (SSSR count). The maximum atomic E-state index is 11.4. The monoisotopic (exact) mass is 258 g/mol. The molecule has 1 aromatic carbocycles. The molecular formula is C11H15ClN2O3. The van der Waals surface area contributed by atoms with Gasteiger partial charge < -0.3 is 9.47 Å². The quantitative estimate of drug-likeness (QED) is 0.285. The molecular weight excluding hydrogens is 244 g/mol. The van der Waals surface area contributed by atoms with Gasteiger partial charge in [-0.3, -0.25) is 5.01 Å². The van der Waals surface area contributed by atoms with Crippen molar-refractivity contribution in [2.75, 3.05) is 18.7 Å². The summed E-state index contributed by atoms with van der Waals surface area (Å²) in [6.07, 6.45) is 0. The number of hydrazine groups is 1. The predicted molar refractivity (Wildman–Crippen MR) is 65.9 cm³/mol. The molecule has 2 N–H and O–H groups in total. The highest BCUT2D eigenvalue weighted by molar-refractivity contribution is 6.31. The molecule has 0 heterocycles. The zero-order valence-corrected chi connectivity index (χ0v) is 10.5. The minimum absolute atomic E-state index is 0.262. The minimum atomic E-state index is -1.05. The first-order valence-corrected chi connectivity index (χ1v) is 5.52. The molecule has 17 heavy (non-hydrogen) atoms. The number of benzene rings is 1. The number of hydrogen-bond acceptors (Lipinski definition) is 5. The molecule has 94 valence electrons. The van der Waals surface area contributed by atoms with E-state index in [0.717, 1.165) is 5.01 Å². The van der Waals surface area contributed by atoms with Crippen LogP contribution in [0.25, 0.3) is 0 Å². The Morgan fingerprint density at radius 1 is 1.47 bits per heavy atom. The van der Waals surface area contributed by atoms with Crippen LogP contribution in [0.3, 0.4) is 0 Å². The van der Waals surface area contributed by atoms with Crippen LogP contribution in [0.1, 0.15) is 6.92 Å². The molecule has 0 saturated carbocycles. The lowest BCUT2D eigenvalue weighted by molar-refractivity contribution is -0.142. The van der Waals surface area contributed by atoms with E-state index < -0.39 is 11.5 Å². The van der Waals surface area contributed by atoms with E-state index in [1.54, 1.807) is 38.3 Å². The molecule has 1 atom stereocenters. The normalized spacial score (nSPS) is 11.8. The average molecular weight is 259 g/mol. The van der Waals surface area contributed by atoms with Crippen molar-refractivity contribution in [3.8, 4) is 5.75 Å². The third-order valence-corrected chi connectivity index (χ3v) is 2.48. The second-order valence-electron chi connectivity index (χ2n) is 3.19. The molecule has 0 radical (unpaired) electrons. The Balaban J connectivity index is 2.73. The van der Waals surface area contributed by atoms with Crippen LogP contribution in [0, 0.1) is 0 Å². The SMILES string of the molecule is CCOC(=O)C(Cl)N(N)c1ccc(OC)cc1. The Kier molecular flexibility index (Phi) is 5.06. The van der Waals surface area contributed by atoms with E-state index in [2.05, 4.69) is 0 Å². The van der Waals surface area contributed by atoms with Gasteiger partial charge in [-0.25, -0.2) is 10.6 Å². The summed E-state index contributed by atoms with van der Waals surface area (Å²) >= 11 is 5.86. The van der Waals surface area contributed by atoms with Gasteiger partial charge in [-0.05, 0) is 31.2 Å². The van der Waals surface area contributed by atoms with Crippen LogP contribution in [0.2, 0.25) is 0 Å². The van der Waals surface area contributed by atoms with E-state index in [0.29, 0.717) is 11.4 Å². The van der Waals surface area contributed by atoms with Crippen molar-refractivity contribution in [3.63, 3.8) is 0 Å². The summed E-state index contributed by atoms with van der Waals surface area (Å²) in [4.78, 5) is 11.4. The number of alkyl halides is 1. The van der Waals surface area contributed by atoms with E-state index in [4.69, 9.17) is 26.9 Å². The van der Waals surface area contributed by atoms with Gasteiger partial charge in [-0.2, -0.15) is 0 Å². The zero-order valence-electron chi connectivity index (χ0n) is 9.72. The highest BCUT2D eigenvalue weighted by Crippen LogP contribution is 2.20. The van der Waals surface area contributed by atoms with Crippen molar-refractivity contribution < 1.29 is 14.3 Å². The second-order valence-corrected chi connectivity index (χ2v) is 3.61. The summed E-state index contributed by atoms with van der Waals surface area (Å²) in [7, 11) is 1.57. The Labute approximate surface area is 105 Å². The number of ether oxygens (including phenoxy) is 2. The number of hydrogen-bond donors (Lipinski definition) is 1. The highest BCUT2D eigenvalue weighted by atomic mass is 35.5. The Bertz CT molecular complexity index is 369. The van der Waals surface area contributed by atoms with Crippen LogP contribution in [-0.4, -0.2) is 25.2 Å². The first-order valence-electron chi connectivity index (χ1n) is 5.08. The third-order valence-electron chi connectivity index (χ3n) is 2.10. The standard InChI is InChI=1S/C11H15ClN2O3/c1-3-17-11(15)10(12)14(13)8-4-6-9(16-2)7-5-8/h4-7,10H,3,13H2,1-2H3. The molecule has 0 spiro atoms. The number of halogens is 1. The van der Waals surface area contributed by atoms with Crippen molar-refractivity contribution in [2.45, 2.75) is 12.4 Å². The van der Waals surface area contributed by atoms with Gasteiger partial charge in [0.25, 0.3) is 0 Å². The summed E-state index contributed by atoms with van der Waals surface area (Å²) in [5, 5.41) is 1.14. The fraction of sp³-hybridized carbons (Fsp3) is 0.364. The Morgan fingerprint density at radius 2 is 2.06 bits per heavy atom. The largest absolute Gasteiger partial charge is 0.497 e. The van der Waals surface area contributed by atoms with Gasteiger partial charge in [0.1, 0.15) is 5.75 Å². The Hall–Kier alpha value is -1.46. The van der Waals surface area contributed by atoms with Crippen LogP contribution in [-0.2, 0) is 9.53 Å². The van der Waals surface area contributed by atoms with Gasteiger partial charge >= 0.3 is 5.97 Å². The van der Waals surface area contributed by atoms with E-state index in [9.17, 15) is 4.79 Å². The number of rotatable bonds is 5. The van der Waals surface area contributed by atoms with E-state index in [1.165, 1.54) is 0 Å². The first-order chi connectivity index (χ1) is 8.10. The molecule has 5 nitrogen and oxygen atoms in total. The van der Waals surface area contributed by atoms with Crippen LogP contribution in [0.5, 0.6) is 5.75 Å². The molecule has 0 saturated heterocycles. The lowest BCUT2D eigenvalue weighted by Gasteiger charge is -2.22. The van der Waals surface area contributed by atoms with Gasteiger partial charge in [0, 0.05) is 0 Å². The molecule has 0 fully saturated rings. The first kappa shape index (κ1) is 13.6. The number of anilines is 1. The van der Waals surface area contributed by atoms with Gasteiger partial charge in [-0.1, -0.05) is 11.6 Å². The summed E-state index contributed by atoms with van der Waals surface area (Å²) in [5.74, 6) is 5.84. The van der Waals surface area contributed by atoms with Crippen molar-refractivity contribution in [3.05, 3.63) is 24.3 Å². The summed E-state index contributed by atoms with van der Waals surface area (Å²) in [6.45, 7) is 1.97. The third kappa shape index (κ3) is 3.51. The summed E-state index contributed by atoms with van der Waals surface area (Å²) in [5.41, 5.74) is -0.456. The van der Waals surface area contributed by atoms with Crippen molar-refractivity contribution >= 4 is 23.3 Å². The van der Waals surface area contributed by atoms with Crippen molar-refractivity contribution in [2.24, 2.45) is 5.84 Å². The van der Waals surface area contributed by atoms with Gasteiger partial charge in [0.05, 0.1) is 19.4 Å². The van der Waals surface area contributed by atoms with Crippen LogP contribution < -0.4 is 15.6 Å². The van der Waals surface area contributed by atoms with E-state index in [1.807, 2.05) is 0 Å². The number of carbonyl (C=O) groups is 1. The van der Waals surface area contributed by atoms with Crippen LogP contribution >= 0.6 is 11.6 Å². The number of nitrogens with zero attached hydrogens (tertiary/aromatic N) is 1. The Morgan fingerprint density at radius 3 is 2.53 bits per heavy atom. The molecule has 0 aliphatic heterocycles. The molecule has 1 unspecified atom stereocenters. The smallest absolute Gasteiger partial charge is 0.345 e. The molecule has 0 amide bonds. The minimum Gasteiger partial charge on any atom is -0.497 e. The van der Waals surface area contributed by atoms with Crippen LogP contribution in [0.15, 0.2) is 24.3 Å². The molecule has 1 aromatic rings. The fourth-order valence-electron chi connectivity index (χ4n) is 1.21. The predicted octanol–water partition coefficient (Wildman–Crippen LogP) is 1.50. The number of carbonyl (C=O) groups excluding carboxylic acids is 1. The zero-order chi connectivity index (χ0) is 12.8. The molecule has 0 bridgehead atoms. The van der Waals surface area contributed by atoms with E-state index in [-0.39, 0.29) is 6.61 Å². The van der Waals surface area contributed by atoms with Crippen molar-refractivity contribution in [1.29, 1.82) is 0 Å². The molecule has 0 aliphatic rings. The van der Waals surface area contributed by atoms with Crippen LogP contribution in [0.4, 0.5) is 5.69 Å². The maximum absolute atomic E-state index is 11.4. The van der Waals surface area contributed by atoms with Gasteiger partial charge in [-0.15, -0.1) is 0 Å². The topological polar surface area (TPSA) is 64.8 Å². The molecule has 0 aromatic heterocycles. The van der Waals surface area contributed by atoms with Gasteiger partial charge in [0.2, 0.25) is 5.50 Å². The number of esters is 1. The maximum Gasteiger partial charge on any atom is 0.345 e. The molecule has 6 heteroatoms. The summed E-state index contributed by atoms with van der Waals surface area (Å²) in [6, 6.07) is 6.86. The number of nitrogens with two attached hydrogens (primary N) is 1. The van der Waals surface area contributed by atoms with Crippen molar-refractivity contribution in [1.82, 2.24) is 0 Å². The summed E-state index contributed by atoms with van der Waals surface area (Å²) < 4.78 is 9.79. The molecule has 0 aliphatic carbocycles. The lowest BCUT2D eigenvalue weighted by atomic mass is 10.3. The lowest BCUT2D eigenvalue weighted by Crippen LogP contribution is -2.43. The average Bonchev–Trinajstić information content (AvgIpc) is 2.37. The van der Waals surface area contributed by atoms with E-state index >= 15 is 0 Å². The van der Waals surface area contributed by atoms with Gasteiger partial charge in [0.15, 0.2) is 0 Å². The highest BCUT2D eigenvalue weighted by Gasteiger charge is 2.22. The number of methoxy groups -OCH3 is 1. The fourth-order valence-corrected chi connectivity index (χ4v) is 1.39. The second kappa shape index (κ2) is 6.32.